The molecule has 1 aromatic heterocycles. The Kier molecular flexibility index (Phi) is 7.46. The van der Waals surface area contributed by atoms with Crippen molar-refractivity contribution in [2.75, 3.05) is 25.0 Å². The molecule has 1 saturated heterocycles. The van der Waals surface area contributed by atoms with Gasteiger partial charge in [-0.15, -0.1) is 0 Å². The van der Waals surface area contributed by atoms with Gasteiger partial charge in [0.2, 0.25) is 0 Å². The first-order valence-corrected chi connectivity index (χ1v) is 10.4. The maximum atomic E-state index is 10.9. The fourth-order valence-electron chi connectivity index (χ4n) is 3.49. The molecule has 8 nitrogen and oxygen atoms in total. The number of nitrogens with one attached hydrogen (secondary N) is 1. The zero-order valence-electron chi connectivity index (χ0n) is 17.8. The van der Waals surface area contributed by atoms with Gasteiger partial charge >= 0.3 is 5.97 Å². The van der Waals surface area contributed by atoms with Gasteiger partial charge in [-0.2, -0.15) is 0 Å². The molecule has 0 atom stereocenters. The molecule has 1 fully saturated rings. The molecule has 1 aromatic carbocycles. The van der Waals surface area contributed by atoms with Crippen molar-refractivity contribution in [3.63, 3.8) is 0 Å². The molecule has 0 saturated carbocycles. The molecule has 2 N–H and O–H groups in total. The second kappa shape index (κ2) is 10.2. The van der Waals surface area contributed by atoms with E-state index in [1.54, 1.807) is 0 Å². The van der Waals surface area contributed by atoms with E-state index in [9.17, 15) is 4.79 Å². The van der Waals surface area contributed by atoms with Crippen LogP contribution in [0, 0.1) is 0 Å². The predicted molar refractivity (Wildman–Crippen MR) is 114 cm³/mol. The molecular weight excluding hydrogens is 384 g/mol. The summed E-state index contributed by atoms with van der Waals surface area (Å²) in [5.74, 6) is 1.12. The van der Waals surface area contributed by atoms with Gasteiger partial charge in [0.25, 0.3) is 0 Å². The van der Waals surface area contributed by atoms with Crippen molar-refractivity contribution < 1.29 is 19.4 Å². The predicted octanol–water partition coefficient (Wildman–Crippen LogP) is 3.44. The van der Waals surface area contributed by atoms with Crippen molar-refractivity contribution in [1.29, 1.82) is 0 Å². The summed E-state index contributed by atoms with van der Waals surface area (Å²) in [5.41, 5.74) is 1.16. The van der Waals surface area contributed by atoms with Gasteiger partial charge in [-0.1, -0.05) is 6.07 Å². The molecule has 162 valence electrons. The first-order chi connectivity index (χ1) is 14.4. The lowest BCUT2D eigenvalue weighted by Gasteiger charge is -2.32. The summed E-state index contributed by atoms with van der Waals surface area (Å²) < 4.78 is 11.6. The molecule has 0 amide bonds. The number of carbonyl (C=O) groups is 1. The highest BCUT2D eigenvalue weighted by molar-refractivity contribution is 5.84. The fourth-order valence-corrected chi connectivity index (χ4v) is 3.49. The molecule has 2 aromatic rings. The Morgan fingerprint density at radius 3 is 2.60 bits per heavy atom. The molecule has 0 spiro atoms. The molecule has 1 aliphatic heterocycles. The molecule has 3 rings (SSSR count). The second-order valence-electron chi connectivity index (χ2n) is 7.67. The van der Waals surface area contributed by atoms with Crippen LogP contribution in [0.1, 0.15) is 49.7 Å². The van der Waals surface area contributed by atoms with Crippen molar-refractivity contribution in [3.8, 4) is 11.5 Å². The second-order valence-corrected chi connectivity index (χ2v) is 7.67. The van der Waals surface area contributed by atoms with Gasteiger partial charge in [0.1, 0.15) is 5.82 Å². The minimum absolute atomic E-state index is 0.0494. The Morgan fingerprint density at radius 1 is 1.23 bits per heavy atom. The third-order valence-corrected chi connectivity index (χ3v) is 4.89. The van der Waals surface area contributed by atoms with Gasteiger partial charge in [-0.3, -0.25) is 4.90 Å². The van der Waals surface area contributed by atoms with E-state index in [2.05, 4.69) is 32.3 Å². The van der Waals surface area contributed by atoms with Gasteiger partial charge in [0.15, 0.2) is 17.2 Å². The number of ether oxygens (including phenoxy) is 2. The van der Waals surface area contributed by atoms with Gasteiger partial charge in [0.05, 0.1) is 25.1 Å². The number of anilines is 1. The van der Waals surface area contributed by atoms with Crippen LogP contribution in [0.2, 0.25) is 0 Å². The lowest BCUT2D eigenvalue weighted by Crippen LogP contribution is -2.38. The average molecular weight is 415 g/mol. The lowest BCUT2D eigenvalue weighted by molar-refractivity contribution is 0.0690. The third kappa shape index (κ3) is 6.06. The monoisotopic (exact) mass is 414 g/mol. The zero-order chi connectivity index (χ0) is 21.5. The van der Waals surface area contributed by atoms with E-state index in [0.29, 0.717) is 18.5 Å². The number of carboxylic acid groups (broad SMARTS) is 1. The van der Waals surface area contributed by atoms with Crippen molar-refractivity contribution in [3.05, 3.63) is 41.9 Å². The minimum Gasteiger partial charge on any atom is -0.490 e. The maximum absolute atomic E-state index is 10.9. The van der Waals surface area contributed by atoms with E-state index in [4.69, 9.17) is 14.6 Å². The molecule has 1 aliphatic rings. The number of rotatable bonds is 9. The Bertz CT molecular complexity index is 834. The Balaban J connectivity index is 1.52. The van der Waals surface area contributed by atoms with Gasteiger partial charge in [-0.25, -0.2) is 14.8 Å². The molecule has 0 radical (unpaired) electrons. The summed E-state index contributed by atoms with van der Waals surface area (Å²) >= 11 is 0. The third-order valence-electron chi connectivity index (χ3n) is 4.89. The SMILES string of the molecule is CCOc1cc(CN2CCC(Nc3cnc(C(=O)O)cn3)CC2)ccc1OC(C)C. The number of nitrogens with zero attached hydrogens (tertiary/aromatic N) is 3. The van der Waals surface area contributed by atoms with E-state index in [-0.39, 0.29) is 11.8 Å². The number of hydrogen-bond acceptors (Lipinski definition) is 7. The highest BCUT2D eigenvalue weighted by Crippen LogP contribution is 2.30. The number of hydrogen-bond donors (Lipinski definition) is 2. The topological polar surface area (TPSA) is 96.8 Å². The first kappa shape index (κ1) is 21.8. The molecule has 30 heavy (non-hydrogen) atoms. The van der Waals surface area contributed by atoms with Crippen LogP contribution in [-0.2, 0) is 6.54 Å². The van der Waals surface area contributed by atoms with Crippen LogP contribution in [0.15, 0.2) is 30.6 Å². The number of likely N-dealkylation sites (tertiary alicyclic amines) is 1. The number of aromatic nitrogens is 2. The Morgan fingerprint density at radius 2 is 2.00 bits per heavy atom. The van der Waals surface area contributed by atoms with Crippen molar-refractivity contribution in [2.24, 2.45) is 0 Å². The summed E-state index contributed by atoms with van der Waals surface area (Å²) in [6.07, 6.45) is 4.82. The van der Waals surface area contributed by atoms with Crippen LogP contribution in [0.25, 0.3) is 0 Å². The average Bonchev–Trinajstić information content (AvgIpc) is 2.72. The minimum atomic E-state index is -1.07. The van der Waals surface area contributed by atoms with E-state index < -0.39 is 5.97 Å². The van der Waals surface area contributed by atoms with Crippen LogP contribution in [0.5, 0.6) is 11.5 Å². The van der Waals surface area contributed by atoms with Crippen LogP contribution >= 0.6 is 0 Å². The number of piperidine rings is 1. The van der Waals surface area contributed by atoms with E-state index in [1.807, 2.05) is 26.8 Å². The van der Waals surface area contributed by atoms with Crippen molar-refractivity contribution >= 4 is 11.8 Å². The number of aromatic carboxylic acids is 1. The van der Waals surface area contributed by atoms with Gasteiger partial charge < -0.3 is 19.9 Å². The first-order valence-electron chi connectivity index (χ1n) is 10.4. The van der Waals surface area contributed by atoms with E-state index in [0.717, 1.165) is 44.0 Å². The van der Waals surface area contributed by atoms with Crippen LogP contribution in [-0.4, -0.2) is 57.8 Å². The van der Waals surface area contributed by atoms with Crippen LogP contribution in [0.4, 0.5) is 5.82 Å². The summed E-state index contributed by atoms with van der Waals surface area (Å²) in [7, 11) is 0. The standard InChI is InChI=1S/C22H30N4O4/c1-4-29-20-11-16(5-6-19(20)30-15(2)3)14-26-9-7-17(8-10-26)25-21-13-23-18(12-24-21)22(27)28/h5-6,11-13,15,17H,4,7-10,14H2,1-3H3,(H,24,25)(H,27,28). The normalized spacial score (nSPS) is 15.2. The zero-order valence-corrected chi connectivity index (χ0v) is 17.8. The van der Waals surface area contributed by atoms with Gasteiger partial charge in [0, 0.05) is 25.7 Å². The highest BCUT2D eigenvalue weighted by atomic mass is 16.5. The molecule has 8 heteroatoms. The Labute approximate surface area is 177 Å². The molecule has 2 heterocycles. The largest absolute Gasteiger partial charge is 0.490 e. The summed E-state index contributed by atoms with van der Waals surface area (Å²) in [6, 6.07) is 6.47. The molecular formula is C22H30N4O4. The molecule has 0 unspecified atom stereocenters. The van der Waals surface area contributed by atoms with E-state index in [1.165, 1.54) is 18.0 Å². The van der Waals surface area contributed by atoms with E-state index >= 15 is 0 Å². The maximum Gasteiger partial charge on any atom is 0.356 e. The lowest BCUT2D eigenvalue weighted by atomic mass is 10.0. The number of carboxylic acids is 1. The van der Waals surface area contributed by atoms with Gasteiger partial charge in [-0.05, 0) is 51.3 Å². The Hall–Kier alpha value is -2.87. The quantitative estimate of drug-likeness (QED) is 0.644. The van der Waals surface area contributed by atoms with Crippen molar-refractivity contribution in [1.82, 2.24) is 14.9 Å². The highest BCUT2D eigenvalue weighted by Gasteiger charge is 2.20. The van der Waals surface area contributed by atoms with Crippen LogP contribution < -0.4 is 14.8 Å². The van der Waals surface area contributed by atoms with Crippen molar-refractivity contribution in [2.45, 2.75) is 52.3 Å². The number of benzene rings is 1. The molecule has 0 bridgehead atoms. The molecule has 0 aliphatic carbocycles. The smallest absolute Gasteiger partial charge is 0.356 e. The summed E-state index contributed by atoms with van der Waals surface area (Å²) in [6.45, 7) is 9.39. The summed E-state index contributed by atoms with van der Waals surface area (Å²) in [4.78, 5) is 21.3. The van der Waals surface area contributed by atoms with Crippen LogP contribution in [0.3, 0.4) is 0 Å². The summed E-state index contributed by atoms with van der Waals surface area (Å²) in [5, 5.41) is 12.3. The fraction of sp³-hybridized carbons (Fsp3) is 0.500.